The van der Waals surface area contributed by atoms with Crippen LogP contribution in [0, 0.1) is 0 Å². The third kappa shape index (κ3) is 3.66. The van der Waals surface area contributed by atoms with Gasteiger partial charge in [-0.25, -0.2) is 0 Å². The van der Waals surface area contributed by atoms with Gasteiger partial charge in [0.15, 0.2) is 0 Å². The van der Waals surface area contributed by atoms with Gasteiger partial charge < -0.3 is 0 Å². The molecule has 172 valence electrons. The smallest absolute Gasteiger partial charge is 0.0552 e. The molecule has 1 heterocycles. The Balaban J connectivity index is 1.29. The summed E-state index contributed by atoms with van der Waals surface area (Å²) in [5.74, 6) is 0.487. The molecule has 1 saturated heterocycles. The lowest BCUT2D eigenvalue weighted by atomic mass is 9.81. The van der Waals surface area contributed by atoms with E-state index in [1.807, 2.05) is 0 Å². The van der Waals surface area contributed by atoms with Crippen LogP contribution in [-0.4, -0.2) is 6.17 Å². The second-order valence-corrected chi connectivity index (χ2v) is 10.7. The predicted molar refractivity (Wildman–Crippen MR) is 142 cm³/mol. The highest BCUT2D eigenvalue weighted by Gasteiger charge is 2.36. The van der Waals surface area contributed by atoms with Gasteiger partial charge in [0.1, 0.15) is 0 Å². The van der Waals surface area contributed by atoms with Crippen LogP contribution >= 0.6 is 0 Å². The molecule has 3 aromatic carbocycles. The fourth-order valence-corrected chi connectivity index (χ4v) is 6.26. The van der Waals surface area contributed by atoms with Gasteiger partial charge in [0.05, 0.1) is 6.17 Å². The van der Waals surface area contributed by atoms with Crippen molar-refractivity contribution in [3.8, 4) is 11.1 Å². The number of benzene rings is 3. The molecule has 2 heteroatoms. The first-order valence-electron chi connectivity index (χ1n) is 12.7. The van der Waals surface area contributed by atoms with Crippen LogP contribution in [0.2, 0.25) is 0 Å². The molecule has 4 unspecified atom stereocenters. The fourth-order valence-electron chi connectivity index (χ4n) is 6.26. The summed E-state index contributed by atoms with van der Waals surface area (Å²) in [7, 11) is 0. The maximum atomic E-state index is 3.82. The largest absolute Gasteiger partial charge is 0.295 e. The van der Waals surface area contributed by atoms with Crippen molar-refractivity contribution in [1.82, 2.24) is 10.6 Å². The number of fused-ring (bicyclic) bond motifs is 3. The molecule has 34 heavy (non-hydrogen) atoms. The highest BCUT2D eigenvalue weighted by atomic mass is 15.2. The van der Waals surface area contributed by atoms with Crippen molar-refractivity contribution in [2.45, 2.75) is 63.2 Å². The average Bonchev–Trinajstić information content (AvgIpc) is 3.11. The van der Waals surface area contributed by atoms with E-state index in [1.54, 1.807) is 0 Å². The molecular formula is C32H34N2. The standard InChI is InChI=1S/C32H34N2/c1-21-33-30(24-13-9-12-23(18-24)22-10-5-4-6-11-22)20-31(34-21)25-16-17-27-26-14-7-8-15-28(26)32(2,3)29(27)19-25/h4-10,12-19,21-22,30-31,33-34H,11,20H2,1-3H3. The Hall–Kier alpha value is -2.94. The summed E-state index contributed by atoms with van der Waals surface area (Å²) in [4.78, 5) is 0. The molecule has 0 saturated carbocycles. The first-order valence-corrected chi connectivity index (χ1v) is 12.7. The van der Waals surface area contributed by atoms with Gasteiger partial charge in [-0.3, -0.25) is 10.6 Å². The van der Waals surface area contributed by atoms with E-state index in [1.165, 1.54) is 38.9 Å². The second kappa shape index (κ2) is 8.37. The topological polar surface area (TPSA) is 24.1 Å². The van der Waals surface area contributed by atoms with Crippen LogP contribution in [0.3, 0.4) is 0 Å². The number of hydrogen-bond donors (Lipinski definition) is 2. The molecule has 1 fully saturated rings. The van der Waals surface area contributed by atoms with Gasteiger partial charge in [0, 0.05) is 23.4 Å². The molecule has 2 N–H and O–H groups in total. The summed E-state index contributed by atoms with van der Waals surface area (Å²) < 4.78 is 0. The number of hydrogen-bond acceptors (Lipinski definition) is 2. The molecule has 3 aromatic rings. The van der Waals surface area contributed by atoms with Crippen molar-refractivity contribution in [3.63, 3.8) is 0 Å². The van der Waals surface area contributed by atoms with Crippen LogP contribution in [0.25, 0.3) is 11.1 Å². The highest BCUT2D eigenvalue weighted by Crippen LogP contribution is 2.49. The van der Waals surface area contributed by atoms with E-state index in [2.05, 4.69) is 122 Å². The number of allylic oxidation sites excluding steroid dienone is 4. The molecule has 1 aliphatic heterocycles. The average molecular weight is 447 g/mol. The molecule has 0 radical (unpaired) electrons. The summed E-state index contributed by atoms with van der Waals surface area (Å²) in [6, 6.07) is 25.9. The van der Waals surface area contributed by atoms with Gasteiger partial charge in [-0.2, -0.15) is 0 Å². The lowest BCUT2D eigenvalue weighted by molar-refractivity contribution is 0.258. The summed E-state index contributed by atoms with van der Waals surface area (Å²) in [5.41, 5.74) is 9.93. The van der Waals surface area contributed by atoms with Crippen LogP contribution in [0.1, 0.15) is 79.4 Å². The van der Waals surface area contributed by atoms with E-state index in [-0.39, 0.29) is 11.6 Å². The Morgan fingerprint density at radius 3 is 2.26 bits per heavy atom. The van der Waals surface area contributed by atoms with Gasteiger partial charge in [-0.1, -0.05) is 105 Å². The Labute approximate surface area is 203 Å². The number of rotatable bonds is 3. The zero-order valence-electron chi connectivity index (χ0n) is 20.4. The lowest BCUT2D eigenvalue weighted by Crippen LogP contribution is -2.49. The molecule has 6 rings (SSSR count). The van der Waals surface area contributed by atoms with Crippen LogP contribution < -0.4 is 10.6 Å². The first-order chi connectivity index (χ1) is 16.5. The summed E-state index contributed by atoms with van der Waals surface area (Å²) in [5, 5.41) is 7.62. The molecule has 2 aliphatic carbocycles. The van der Waals surface area contributed by atoms with Gasteiger partial charge in [0.25, 0.3) is 0 Å². The maximum Gasteiger partial charge on any atom is 0.0552 e. The van der Waals surface area contributed by atoms with E-state index in [0.29, 0.717) is 18.0 Å². The Kier molecular flexibility index (Phi) is 5.32. The lowest BCUT2D eigenvalue weighted by Gasteiger charge is -2.37. The minimum absolute atomic E-state index is 0.0379. The molecule has 0 spiro atoms. The molecule has 0 aromatic heterocycles. The quantitative estimate of drug-likeness (QED) is 0.441. The van der Waals surface area contributed by atoms with E-state index >= 15 is 0 Å². The van der Waals surface area contributed by atoms with Crippen LogP contribution in [0.5, 0.6) is 0 Å². The van der Waals surface area contributed by atoms with Gasteiger partial charge in [-0.05, 0) is 58.7 Å². The van der Waals surface area contributed by atoms with E-state index in [4.69, 9.17) is 0 Å². The Bertz CT molecular complexity index is 1280. The summed E-state index contributed by atoms with van der Waals surface area (Å²) >= 11 is 0. The second-order valence-electron chi connectivity index (χ2n) is 10.7. The van der Waals surface area contributed by atoms with E-state index in [9.17, 15) is 0 Å². The van der Waals surface area contributed by atoms with Crippen LogP contribution in [-0.2, 0) is 5.41 Å². The minimum atomic E-state index is 0.0379. The van der Waals surface area contributed by atoms with Crippen molar-refractivity contribution < 1.29 is 0 Å². The van der Waals surface area contributed by atoms with Crippen LogP contribution in [0.15, 0.2) is 91.0 Å². The van der Waals surface area contributed by atoms with Gasteiger partial charge in [0.2, 0.25) is 0 Å². The maximum absolute atomic E-state index is 3.82. The first kappa shape index (κ1) is 21.6. The highest BCUT2D eigenvalue weighted by molar-refractivity contribution is 5.80. The van der Waals surface area contributed by atoms with Crippen molar-refractivity contribution in [2.75, 3.05) is 0 Å². The van der Waals surface area contributed by atoms with Gasteiger partial charge in [-0.15, -0.1) is 0 Å². The van der Waals surface area contributed by atoms with Crippen molar-refractivity contribution >= 4 is 0 Å². The van der Waals surface area contributed by atoms with E-state index in [0.717, 1.165) is 12.8 Å². The fraction of sp³-hybridized carbons (Fsp3) is 0.312. The van der Waals surface area contributed by atoms with E-state index < -0.39 is 0 Å². The van der Waals surface area contributed by atoms with Crippen molar-refractivity contribution in [3.05, 3.63) is 119 Å². The molecule has 2 nitrogen and oxygen atoms in total. The SMILES string of the molecule is CC1NC(c2cccc(C3C=CC=CC3)c2)CC(c2ccc3c(c2)C(C)(C)c2ccccc2-3)N1. The molecule has 3 aliphatic rings. The molecule has 0 amide bonds. The third-order valence-electron chi connectivity index (χ3n) is 8.11. The normalized spacial score (nSPS) is 26.8. The third-order valence-corrected chi connectivity index (χ3v) is 8.11. The molecule has 4 atom stereocenters. The monoisotopic (exact) mass is 446 g/mol. The van der Waals surface area contributed by atoms with Crippen molar-refractivity contribution in [2.24, 2.45) is 0 Å². The Morgan fingerprint density at radius 1 is 0.735 bits per heavy atom. The van der Waals surface area contributed by atoms with Crippen molar-refractivity contribution in [1.29, 1.82) is 0 Å². The van der Waals surface area contributed by atoms with Gasteiger partial charge >= 0.3 is 0 Å². The summed E-state index contributed by atoms with van der Waals surface area (Å²) in [6.07, 6.45) is 11.3. The molecular weight excluding hydrogens is 412 g/mol. The minimum Gasteiger partial charge on any atom is -0.295 e. The zero-order valence-corrected chi connectivity index (χ0v) is 20.4. The predicted octanol–water partition coefficient (Wildman–Crippen LogP) is 7.30. The zero-order chi connectivity index (χ0) is 23.3. The summed E-state index contributed by atoms with van der Waals surface area (Å²) in [6.45, 7) is 6.97. The van der Waals surface area contributed by atoms with Crippen LogP contribution in [0.4, 0.5) is 0 Å². The number of nitrogens with one attached hydrogen (secondary N) is 2. The molecule has 0 bridgehead atoms. The Morgan fingerprint density at radius 2 is 1.47 bits per heavy atom.